The SMILES string of the molecule is Cc1cc(C)n(-c2ccc(CCC(=O)Nc3ccc(Cl)c(Cl)c3)cc2)n1. The minimum atomic E-state index is -0.0639. The van der Waals surface area contributed by atoms with Gasteiger partial charge in [-0.3, -0.25) is 4.79 Å². The lowest BCUT2D eigenvalue weighted by atomic mass is 10.1. The van der Waals surface area contributed by atoms with Crippen LogP contribution in [0.3, 0.4) is 0 Å². The first-order valence-corrected chi connectivity index (χ1v) is 9.05. The van der Waals surface area contributed by atoms with Crippen LogP contribution in [0.2, 0.25) is 10.0 Å². The van der Waals surface area contributed by atoms with Gasteiger partial charge in [-0.25, -0.2) is 4.68 Å². The molecule has 0 bridgehead atoms. The Labute approximate surface area is 162 Å². The lowest BCUT2D eigenvalue weighted by molar-refractivity contribution is -0.116. The van der Waals surface area contributed by atoms with Gasteiger partial charge in [-0.2, -0.15) is 5.10 Å². The van der Waals surface area contributed by atoms with Gasteiger partial charge in [-0.15, -0.1) is 0 Å². The first-order valence-electron chi connectivity index (χ1n) is 8.30. The Morgan fingerprint density at radius 3 is 2.38 bits per heavy atom. The highest BCUT2D eigenvalue weighted by atomic mass is 35.5. The predicted molar refractivity (Wildman–Crippen MR) is 106 cm³/mol. The zero-order chi connectivity index (χ0) is 18.7. The Morgan fingerprint density at radius 1 is 1.04 bits per heavy atom. The molecule has 26 heavy (non-hydrogen) atoms. The van der Waals surface area contributed by atoms with Crippen LogP contribution in [0.25, 0.3) is 5.69 Å². The summed E-state index contributed by atoms with van der Waals surface area (Å²) in [5, 5.41) is 8.19. The molecule has 0 spiro atoms. The van der Waals surface area contributed by atoms with Gasteiger partial charge in [0.2, 0.25) is 5.91 Å². The van der Waals surface area contributed by atoms with Gasteiger partial charge < -0.3 is 5.32 Å². The molecule has 1 amide bonds. The molecule has 1 N–H and O–H groups in total. The van der Waals surface area contributed by atoms with Crippen molar-refractivity contribution in [2.24, 2.45) is 0 Å². The van der Waals surface area contributed by atoms with Crippen molar-refractivity contribution in [2.75, 3.05) is 5.32 Å². The van der Waals surface area contributed by atoms with Crippen LogP contribution in [0.5, 0.6) is 0 Å². The first kappa shape index (κ1) is 18.5. The van der Waals surface area contributed by atoms with Crippen molar-refractivity contribution >= 4 is 34.8 Å². The van der Waals surface area contributed by atoms with E-state index in [-0.39, 0.29) is 5.91 Å². The van der Waals surface area contributed by atoms with Crippen LogP contribution < -0.4 is 5.32 Å². The summed E-state index contributed by atoms with van der Waals surface area (Å²) in [5.74, 6) is -0.0639. The summed E-state index contributed by atoms with van der Waals surface area (Å²) in [6.07, 6.45) is 1.05. The summed E-state index contributed by atoms with van der Waals surface area (Å²) in [6, 6.07) is 15.2. The van der Waals surface area contributed by atoms with E-state index in [1.165, 1.54) is 0 Å². The molecule has 0 saturated carbocycles. The van der Waals surface area contributed by atoms with Crippen LogP contribution in [0.4, 0.5) is 5.69 Å². The van der Waals surface area contributed by atoms with Gasteiger partial charge in [0.25, 0.3) is 0 Å². The number of benzene rings is 2. The Morgan fingerprint density at radius 2 is 1.77 bits per heavy atom. The fraction of sp³-hybridized carbons (Fsp3) is 0.200. The molecule has 3 aromatic rings. The molecule has 1 heterocycles. The van der Waals surface area contributed by atoms with Crippen molar-refractivity contribution in [3.05, 3.63) is 75.5 Å². The first-order chi connectivity index (χ1) is 12.4. The molecule has 2 aromatic carbocycles. The van der Waals surface area contributed by atoms with Crippen molar-refractivity contribution in [3.63, 3.8) is 0 Å². The van der Waals surface area contributed by atoms with E-state index >= 15 is 0 Å². The van der Waals surface area contributed by atoms with Crippen LogP contribution in [-0.2, 0) is 11.2 Å². The number of hydrogen-bond donors (Lipinski definition) is 1. The molecule has 0 atom stereocenters. The van der Waals surface area contributed by atoms with Crippen molar-refractivity contribution in [1.82, 2.24) is 9.78 Å². The Bertz CT molecular complexity index is 933. The number of carbonyl (C=O) groups excluding carboxylic acids is 1. The molecule has 6 heteroatoms. The standard InChI is InChI=1S/C20H19Cl2N3O/c1-13-11-14(2)25(24-13)17-7-3-15(4-8-17)5-10-20(26)23-16-6-9-18(21)19(22)12-16/h3-4,6-9,11-12H,5,10H2,1-2H3,(H,23,26). The topological polar surface area (TPSA) is 46.9 Å². The summed E-state index contributed by atoms with van der Waals surface area (Å²) in [5.41, 5.74) is 4.84. The quantitative estimate of drug-likeness (QED) is 0.639. The Kier molecular flexibility index (Phi) is 5.64. The van der Waals surface area contributed by atoms with Crippen LogP contribution >= 0.6 is 23.2 Å². The number of rotatable bonds is 5. The number of aromatic nitrogens is 2. The minimum Gasteiger partial charge on any atom is -0.326 e. The normalized spacial score (nSPS) is 10.8. The summed E-state index contributed by atoms with van der Waals surface area (Å²) in [4.78, 5) is 12.1. The minimum absolute atomic E-state index is 0.0639. The molecule has 3 rings (SSSR count). The fourth-order valence-electron chi connectivity index (χ4n) is 2.75. The van der Waals surface area contributed by atoms with E-state index in [1.54, 1.807) is 18.2 Å². The van der Waals surface area contributed by atoms with Crippen molar-refractivity contribution in [2.45, 2.75) is 26.7 Å². The number of aryl methyl sites for hydroxylation is 3. The number of halogens is 2. The monoisotopic (exact) mass is 387 g/mol. The number of anilines is 1. The zero-order valence-electron chi connectivity index (χ0n) is 14.6. The van der Waals surface area contributed by atoms with Gasteiger partial charge in [0.15, 0.2) is 0 Å². The van der Waals surface area contributed by atoms with Crippen molar-refractivity contribution in [3.8, 4) is 5.69 Å². The maximum Gasteiger partial charge on any atom is 0.224 e. The predicted octanol–water partition coefficient (Wildman–Crippen LogP) is 5.37. The smallest absolute Gasteiger partial charge is 0.224 e. The summed E-state index contributed by atoms with van der Waals surface area (Å²) in [6.45, 7) is 4.01. The number of carbonyl (C=O) groups is 1. The highest BCUT2D eigenvalue weighted by Gasteiger charge is 2.07. The third-order valence-electron chi connectivity index (χ3n) is 4.03. The molecule has 0 unspecified atom stereocenters. The van der Waals surface area contributed by atoms with Crippen LogP contribution in [0.1, 0.15) is 23.4 Å². The van der Waals surface area contributed by atoms with Gasteiger partial charge in [0.1, 0.15) is 0 Å². The van der Waals surface area contributed by atoms with Crippen molar-refractivity contribution < 1.29 is 4.79 Å². The second kappa shape index (κ2) is 7.94. The second-order valence-electron chi connectivity index (χ2n) is 6.18. The highest BCUT2D eigenvalue weighted by molar-refractivity contribution is 6.42. The third-order valence-corrected chi connectivity index (χ3v) is 4.77. The number of nitrogens with one attached hydrogen (secondary N) is 1. The molecule has 0 fully saturated rings. The van der Waals surface area contributed by atoms with E-state index in [0.717, 1.165) is 22.6 Å². The molecule has 134 valence electrons. The second-order valence-corrected chi connectivity index (χ2v) is 7.00. The number of amides is 1. The van der Waals surface area contributed by atoms with E-state index in [2.05, 4.69) is 10.4 Å². The molecule has 0 aliphatic heterocycles. The van der Waals surface area contributed by atoms with Crippen molar-refractivity contribution in [1.29, 1.82) is 0 Å². The highest BCUT2D eigenvalue weighted by Crippen LogP contribution is 2.25. The fourth-order valence-corrected chi connectivity index (χ4v) is 3.05. The average molecular weight is 388 g/mol. The molecule has 0 aliphatic rings. The molecular weight excluding hydrogens is 369 g/mol. The maximum absolute atomic E-state index is 12.1. The van der Waals surface area contributed by atoms with Crippen LogP contribution in [0, 0.1) is 13.8 Å². The summed E-state index contributed by atoms with van der Waals surface area (Å²) in [7, 11) is 0. The van der Waals surface area contributed by atoms with E-state index in [1.807, 2.05) is 48.9 Å². The summed E-state index contributed by atoms with van der Waals surface area (Å²) >= 11 is 11.8. The Hall–Kier alpha value is -2.30. The van der Waals surface area contributed by atoms with Crippen LogP contribution in [0.15, 0.2) is 48.5 Å². The molecular formula is C20H19Cl2N3O. The van der Waals surface area contributed by atoms with Gasteiger partial charge >= 0.3 is 0 Å². The third kappa shape index (κ3) is 4.45. The average Bonchev–Trinajstić information content (AvgIpc) is 2.95. The van der Waals surface area contributed by atoms with Gasteiger partial charge in [0, 0.05) is 17.8 Å². The van der Waals surface area contributed by atoms with E-state index < -0.39 is 0 Å². The van der Waals surface area contributed by atoms with E-state index in [9.17, 15) is 4.79 Å². The van der Waals surface area contributed by atoms with Gasteiger partial charge in [-0.1, -0.05) is 35.3 Å². The van der Waals surface area contributed by atoms with Gasteiger partial charge in [-0.05, 0) is 62.2 Å². The molecule has 1 aromatic heterocycles. The molecule has 0 aliphatic carbocycles. The Balaban J connectivity index is 1.58. The van der Waals surface area contributed by atoms with Crippen LogP contribution in [-0.4, -0.2) is 15.7 Å². The lowest BCUT2D eigenvalue weighted by Gasteiger charge is -2.08. The molecule has 0 radical (unpaired) electrons. The number of nitrogens with zero attached hydrogens (tertiary/aromatic N) is 2. The maximum atomic E-state index is 12.1. The molecule has 0 saturated heterocycles. The zero-order valence-corrected chi connectivity index (χ0v) is 16.1. The largest absolute Gasteiger partial charge is 0.326 e. The summed E-state index contributed by atoms with van der Waals surface area (Å²) < 4.78 is 1.91. The molecule has 4 nitrogen and oxygen atoms in total. The lowest BCUT2D eigenvalue weighted by Crippen LogP contribution is -2.12. The van der Waals surface area contributed by atoms with E-state index in [4.69, 9.17) is 23.2 Å². The van der Waals surface area contributed by atoms with Gasteiger partial charge in [0.05, 0.1) is 21.4 Å². The van der Waals surface area contributed by atoms with E-state index in [0.29, 0.717) is 28.6 Å². The number of hydrogen-bond acceptors (Lipinski definition) is 2.